The van der Waals surface area contributed by atoms with E-state index in [2.05, 4.69) is 36.2 Å². The molecule has 0 aliphatic rings. The number of nitrogens with one attached hydrogen (secondary N) is 1. The Balaban J connectivity index is 1.80. The summed E-state index contributed by atoms with van der Waals surface area (Å²) in [5.74, 6) is -0.710. The molecule has 0 fully saturated rings. The van der Waals surface area contributed by atoms with E-state index < -0.39 is 17.9 Å². The second-order valence-corrected chi connectivity index (χ2v) is 10.2. The van der Waals surface area contributed by atoms with Gasteiger partial charge in [0.1, 0.15) is 6.04 Å². The number of aliphatic carboxylic acids is 1. The van der Waals surface area contributed by atoms with Crippen LogP contribution in [0.3, 0.4) is 0 Å². The average Bonchev–Trinajstić information content (AvgIpc) is 2.81. The fraction of sp³-hybridized carbons (Fsp3) is 0.400. The summed E-state index contributed by atoms with van der Waals surface area (Å²) in [4.78, 5) is 38.5. The molecule has 2 aromatic carbocycles. The van der Waals surface area contributed by atoms with Crippen molar-refractivity contribution in [3.05, 3.63) is 65.7 Å². The van der Waals surface area contributed by atoms with E-state index in [0.717, 1.165) is 23.0 Å². The van der Waals surface area contributed by atoms with Gasteiger partial charge in [0.25, 0.3) is 0 Å². The van der Waals surface area contributed by atoms with E-state index in [1.165, 1.54) is 11.8 Å². The smallest absolute Gasteiger partial charge is 0.327 e. The van der Waals surface area contributed by atoms with E-state index >= 15 is 0 Å². The third-order valence-electron chi connectivity index (χ3n) is 5.21. The highest BCUT2D eigenvalue weighted by Crippen LogP contribution is 2.20. The van der Waals surface area contributed by atoms with Crippen LogP contribution in [0, 0.1) is 5.92 Å². The molecule has 2 aromatic rings. The lowest BCUT2D eigenvalue weighted by molar-refractivity contribution is -0.141. The van der Waals surface area contributed by atoms with Crippen LogP contribution in [0.2, 0.25) is 0 Å². The Morgan fingerprint density at radius 2 is 1.61 bits per heavy atom. The maximum Gasteiger partial charge on any atom is 0.327 e. The minimum Gasteiger partial charge on any atom is -0.480 e. The lowest BCUT2D eigenvalue weighted by Gasteiger charge is -2.23. The van der Waals surface area contributed by atoms with Gasteiger partial charge in [0.05, 0.1) is 0 Å². The molecule has 2 N–H and O–H groups in total. The van der Waals surface area contributed by atoms with Crippen LogP contribution in [0.1, 0.15) is 36.7 Å². The number of carboxylic acid groups (broad SMARTS) is 1. The number of carboxylic acids is 1. The van der Waals surface area contributed by atoms with Crippen LogP contribution < -0.4 is 10.2 Å². The molecule has 6 nitrogen and oxygen atoms in total. The number of carbonyl (C=O) groups is 3. The van der Waals surface area contributed by atoms with Gasteiger partial charge in [0.2, 0.25) is 11.0 Å². The summed E-state index contributed by atoms with van der Waals surface area (Å²) in [5, 5.41) is 12.0. The maximum absolute atomic E-state index is 12.5. The molecule has 178 valence electrons. The molecule has 0 aliphatic carbocycles. The summed E-state index contributed by atoms with van der Waals surface area (Å²) in [6, 6.07) is 16.5. The van der Waals surface area contributed by atoms with Gasteiger partial charge in [0, 0.05) is 47.5 Å². The molecule has 2 rings (SSSR count). The Kier molecular flexibility index (Phi) is 10.8. The molecule has 0 saturated heterocycles. The quantitative estimate of drug-likeness (QED) is 0.453. The minimum absolute atomic E-state index is 0.105. The van der Waals surface area contributed by atoms with Crippen LogP contribution in [0.5, 0.6) is 0 Å². The van der Waals surface area contributed by atoms with Crippen LogP contribution >= 0.6 is 23.5 Å². The van der Waals surface area contributed by atoms with E-state index in [1.54, 1.807) is 31.2 Å². The molecule has 0 aromatic heterocycles. The number of nitrogens with zero attached hydrogens (tertiary/aromatic N) is 1. The molecular weight excluding hydrogens is 456 g/mol. The summed E-state index contributed by atoms with van der Waals surface area (Å²) in [6.45, 7) is 5.96. The largest absolute Gasteiger partial charge is 0.480 e. The fourth-order valence-electron chi connectivity index (χ4n) is 2.84. The van der Waals surface area contributed by atoms with Gasteiger partial charge in [-0.2, -0.15) is 11.8 Å². The minimum atomic E-state index is -1.06. The van der Waals surface area contributed by atoms with Gasteiger partial charge in [0.15, 0.2) is 0 Å². The Morgan fingerprint density at radius 3 is 2.18 bits per heavy atom. The molecule has 0 saturated carbocycles. The molecule has 33 heavy (non-hydrogen) atoms. The summed E-state index contributed by atoms with van der Waals surface area (Å²) in [5.41, 5.74) is 2.81. The zero-order chi connectivity index (χ0) is 24.4. The van der Waals surface area contributed by atoms with Crippen molar-refractivity contribution in [2.75, 3.05) is 23.5 Å². The van der Waals surface area contributed by atoms with Crippen molar-refractivity contribution in [3.63, 3.8) is 0 Å². The molecule has 0 bridgehead atoms. The monoisotopic (exact) mass is 488 g/mol. The number of benzene rings is 2. The standard InChI is InChI=1S/C25H32N2O4S2/c1-17(2)27(4)21-12-10-19(11-13-21)15-32-16-22(24(29)30)26-23(28)18(3)14-33-25(31)20-8-6-5-7-9-20/h5-13,17-18,22H,14-16H2,1-4H3,(H,26,28)(H,29,30)/t18?,22-/m0/s1. The fourth-order valence-corrected chi connectivity index (χ4v) is 4.71. The Hall–Kier alpha value is -2.45. The number of carbonyl (C=O) groups excluding carboxylic acids is 2. The van der Waals surface area contributed by atoms with Crippen molar-refractivity contribution in [1.82, 2.24) is 5.32 Å². The molecule has 1 unspecified atom stereocenters. The first-order valence-corrected chi connectivity index (χ1v) is 13.0. The molecular formula is C25H32N2O4S2. The van der Waals surface area contributed by atoms with Crippen molar-refractivity contribution in [2.45, 2.75) is 38.6 Å². The van der Waals surface area contributed by atoms with Crippen molar-refractivity contribution >= 4 is 46.2 Å². The maximum atomic E-state index is 12.5. The Bertz CT molecular complexity index is 920. The highest BCUT2D eigenvalue weighted by atomic mass is 32.2. The third-order valence-corrected chi connectivity index (χ3v) is 7.48. The lowest BCUT2D eigenvalue weighted by atomic mass is 10.2. The van der Waals surface area contributed by atoms with Gasteiger partial charge >= 0.3 is 5.97 Å². The number of thioether (sulfide) groups is 2. The van der Waals surface area contributed by atoms with Crippen LogP contribution in [-0.2, 0) is 15.3 Å². The second-order valence-electron chi connectivity index (χ2n) is 8.15. The highest BCUT2D eigenvalue weighted by Gasteiger charge is 2.23. The molecule has 2 atom stereocenters. The van der Waals surface area contributed by atoms with Crippen LogP contribution in [0.4, 0.5) is 5.69 Å². The topological polar surface area (TPSA) is 86.7 Å². The summed E-state index contributed by atoms with van der Waals surface area (Å²) >= 11 is 2.53. The van der Waals surface area contributed by atoms with Crippen molar-refractivity contribution in [2.24, 2.45) is 5.92 Å². The Morgan fingerprint density at radius 1 is 0.970 bits per heavy atom. The van der Waals surface area contributed by atoms with E-state index in [4.69, 9.17) is 0 Å². The summed E-state index contributed by atoms with van der Waals surface area (Å²) in [6.07, 6.45) is 0. The van der Waals surface area contributed by atoms with Gasteiger partial charge in [-0.3, -0.25) is 9.59 Å². The van der Waals surface area contributed by atoms with E-state index in [9.17, 15) is 19.5 Å². The van der Waals surface area contributed by atoms with Crippen molar-refractivity contribution in [3.8, 4) is 0 Å². The molecule has 0 aliphatic heterocycles. The number of amides is 1. The van der Waals surface area contributed by atoms with Crippen molar-refractivity contribution < 1.29 is 19.5 Å². The van der Waals surface area contributed by atoms with E-state index in [-0.39, 0.29) is 22.5 Å². The summed E-state index contributed by atoms with van der Waals surface area (Å²) in [7, 11) is 2.05. The predicted octanol–water partition coefficient (Wildman–Crippen LogP) is 4.54. The first-order chi connectivity index (χ1) is 15.7. The van der Waals surface area contributed by atoms with Crippen molar-refractivity contribution in [1.29, 1.82) is 0 Å². The van der Waals surface area contributed by atoms with Gasteiger partial charge < -0.3 is 15.3 Å². The van der Waals surface area contributed by atoms with Crippen LogP contribution in [-0.4, -0.2) is 52.7 Å². The number of hydrogen-bond acceptors (Lipinski definition) is 6. The second kappa shape index (κ2) is 13.3. The first-order valence-electron chi connectivity index (χ1n) is 10.8. The van der Waals surface area contributed by atoms with Crippen LogP contribution in [0.15, 0.2) is 54.6 Å². The summed E-state index contributed by atoms with van der Waals surface area (Å²) < 4.78 is 0. The molecule has 8 heteroatoms. The zero-order valence-corrected chi connectivity index (χ0v) is 21.1. The van der Waals surface area contributed by atoms with Gasteiger partial charge in [-0.1, -0.05) is 61.2 Å². The predicted molar refractivity (Wildman–Crippen MR) is 138 cm³/mol. The number of hydrogen-bond donors (Lipinski definition) is 2. The molecule has 0 spiro atoms. The SMILES string of the molecule is CC(CSC(=O)c1ccccc1)C(=O)N[C@@H](CSCc1ccc(N(C)C(C)C)cc1)C(=O)O. The Labute approximate surface area is 204 Å². The average molecular weight is 489 g/mol. The molecule has 0 heterocycles. The third kappa shape index (κ3) is 8.78. The van der Waals surface area contributed by atoms with Gasteiger partial charge in [-0.15, -0.1) is 0 Å². The normalized spacial score (nSPS) is 12.8. The first kappa shape index (κ1) is 26.8. The zero-order valence-electron chi connectivity index (χ0n) is 19.5. The lowest BCUT2D eigenvalue weighted by Crippen LogP contribution is -2.45. The molecule has 1 amide bonds. The van der Waals surface area contributed by atoms with E-state index in [1.807, 2.05) is 25.2 Å². The van der Waals surface area contributed by atoms with Gasteiger partial charge in [-0.05, 0) is 31.5 Å². The van der Waals surface area contributed by atoms with Gasteiger partial charge in [-0.25, -0.2) is 4.79 Å². The van der Waals surface area contributed by atoms with E-state index in [0.29, 0.717) is 17.4 Å². The number of rotatable bonds is 12. The highest BCUT2D eigenvalue weighted by molar-refractivity contribution is 8.14. The van der Waals surface area contributed by atoms with Crippen LogP contribution in [0.25, 0.3) is 0 Å². The number of anilines is 1. The molecule has 0 radical (unpaired) electrons.